The van der Waals surface area contributed by atoms with Crippen LogP contribution in [-0.4, -0.2) is 26.9 Å². The van der Waals surface area contributed by atoms with Crippen molar-refractivity contribution in [2.45, 2.75) is 0 Å². The van der Waals surface area contributed by atoms with Gasteiger partial charge in [-0.1, -0.05) is 0 Å². The fraction of sp³-hybridized carbons (Fsp3) is 0.667. The molecule has 0 spiro atoms. The normalized spacial score (nSPS) is 30.6. The van der Waals surface area contributed by atoms with Gasteiger partial charge in [-0.05, 0) is 0 Å². The van der Waals surface area contributed by atoms with Gasteiger partial charge < -0.3 is 0 Å². The Morgan fingerprint density at radius 3 is 2.43 bits per heavy atom. The van der Waals surface area contributed by atoms with E-state index < -0.39 is 10.6 Å². The number of hydrogen-bond acceptors (Lipinski definition) is 3. The Labute approximate surface area is 43.4 Å². The molecular formula is C3H7NO2S. The van der Waals surface area contributed by atoms with E-state index in [4.69, 9.17) is 9.11 Å². The summed E-state index contributed by atoms with van der Waals surface area (Å²) >= 11 is 0. The highest BCUT2D eigenvalue weighted by Crippen LogP contribution is 2.37. The zero-order valence-corrected chi connectivity index (χ0v) is 4.56. The van der Waals surface area contributed by atoms with Gasteiger partial charge in [0.25, 0.3) is 0 Å². The van der Waals surface area contributed by atoms with Gasteiger partial charge in [-0.15, -0.1) is 0 Å². The van der Waals surface area contributed by atoms with E-state index in [1.54, 1.807) is 0 Å². The molecular weight excluding hydrogens is 114 g/mol. The van der Waals surface area contributed by atoms with Crippen molar-refractivity contribution in [3.05, 3.63) is 0 Å². The van der Waals surface area contributed by atoms with Crippen molar-refractivity contribution in [3.8, 4) is 0 Å². The molecule has 0 aliphatic carbocycles. The van der Waals surface area contributed by atoms with Gasteiger partial charge in [-0.25, -0.2) is 0 Å². The smallest absolute Gasteiger partial charge is 0.105 e. The molecule has 1 rings (SSSR count). The van der Waals surface area contributed by atoms with Gasteiger partial charge in [0.2, 0.25) is 0 Å². The average Bonchev–Trinajstić information content (AvgIpc) is 1.84. The first-order valence-electron chi connectivity index (χ1n) is 1.96. The second kappa shape index (κ2) is 1.47. The van der Waals surface area contributed by atoms with E-state index in [2.05, 4.69) is 4.99 Å². The summed E-state index contributed by atoms with van der Waals surface area (Å²) < 4.78 is 17.4. The first-order chi connectivity index (χ1) is 3.21. The molecule has 0 saturated carbocycles. The summed E-state index contributed by atoms with van der Waals surface area (Å²) in [5.74, 6) is 0.424. The molecule has 2 N–H and O–H groups in total. The Hall–Kier alpha value is -0.0600. The lowest BCUT2D eigenvalue weighted by molar-refractivity contribution is 0.508. The second-order valence-electron chi connectivity index (χ2n) is 1.43. The summed E-state index contributed by atoms with van der Waals surface area (Å²) in [6.07, 6.45) is 0. The maximum atomic E-state index is 8.68. The van der Waals surface area contributed by atoms with Gasteiger partial charge in [0.05, 0.1) is 12.3 Å². The predicted molar refractivity (Wildman–Crippen MR) is 31.1 cm³/mol. The van der Waals surface area contributed by atoms with Crippen LogP contribution in [0.25, 0.3) is 0 Å². The molecule has 0 saturated heterocycles. The lowest BCUT2D eigenvalue weighted by Gasteiger charge is -2.20. The van der Waals surface area contributed by atoms with Gasteiger partial charge in [0, 0.05) is 0 Å². The fourth-order valence-electron chi connectivity index (χ4n) is 0.412. The highest BCUT2D eigenvalue weighted by atomic mass is 32.3. The molecule has 0 aromatic carbocycles. The Kier molecular flexibility index (Phi) is 1.07. The minimum atomic E-state index is -2.34. The van der Waals surface area contributed by atoms with Crippen LogP contribution in [0, 0.1) is 0 Å². The van der Waals surface area contributed by atoms with Gasteiger partial charge >= 0.3 is 0 Å². The quantitative estimate of drug-likeness (QED) is 0.497. The Morgan fingerprint density at radius 2 is 2.29 bits per heavy atom. The highest BCUT2D eigenvalue weighted by molar-refractivity contribution is 8.35. The minimum Gasteiger partial charge on any atom is -0.294 e. The molecule has 42 valence electrons. The molecule has 0 atom stereocenters. The highest BCUT2D eigenvalue weighted by Gasteiger charge is 2.11. The number of nitrogens with zero attached hydrogens (tertiary/aromatic N) is 1. The lowest BCUT2D eigenvalue weighted by atomic mass is 10.8. The van der Waals surface area contributed by atoms with Crippen LogP contribution in [0.15, 0.2) is 4.99 Å². The Morgan fingerprint density at radius 1 is 1.57 bits per heavy atom. The summed E-state index contributed by atoms with van der Waals surface area (Å²) in [6, 6.07) is 0. The zero-order valence-electron chi connectivity index (χ0n) is 3.74. The minimum absolute atomic E-state index is 0.424. The summed E-state index contributed by atoms with van der Waals surface area (Å²) in [5, 5.41) is 0. The third-order valence-corrected chi connectivity index (χ3v) is 2.03. The van der Waals surface area contributed by atoms with Crippen molar-refractivity contribution >= 4 is 16.1 Å². The van der Waals surface area contributed by atoms with Crippen molar-refractivity contribution in [2.24, 2.45) is 4.99 Å². The van der Waals surface area contributed by atoms with Crippen LogP contribution < -0.4 is 0 Å². The molecule has 1 heterocycles. The number of hydrogen-bond donors (Lipinski definition) is 2. The topological polar surface area (TPSA) is 52.8 Å². The molecule has 0 aromatic heterocycles. The molecule has 4 heteroatoms. The monoisotopic (exact) mass is 121 g/mol. The van der Waals surface area contributed by atoms with Gasteiger partial charge in [0.1, 0.15) is 5.55 Å². The molecule has 3 nitrogen and oxygen atoms in total. The molecule has 0 bridgehead atoms. The molecule has 0 radical (unpaired) electrons. The first kappa shape index (κ1) is 5.08. The van der Waals surface area contributed by atoms with Gasteiger partial charge in [0.15, 0.2) is 0 Å². The maximum absolute atomic E-state index is 8.68. The van der Waals surface area contributed by atoms with Crippen LogP contribution in [0.5, 0.6) is 0 Å². The van der Waals surface area contributed by atoms with E-state index >= 15 is 0 Å². The van der Waals surface area contributed by atoms with Crippen LogP contribution in [-0.2, 0) is 0 Å². The predicted octanol–water partition coefficient (Wildman–Crippen LogP) is 0.779. The molecule has 0 aromatic rings. The van der Waals surface area contributed by atoms with Crippen LogP contribution in [0.4, 0.5) is 0 Å². The summed E-state index contributed by atoms with van der Waals surface area (Å²) in [5.41, 5.74) is 1.24. The van der Waals surface area contributed by atoms with Crippen LogP contribution in [0.2, 0.25) is 0 Å². The van der Waals surface area contributed by atoms with E-state index in [0.29, 0.717) is 12.3 Å². The lowest BCUT2D eigenvalue weighted by Crippen LogP contribution is -1.97. The standard InChI is InChI=1S/C3H7NO2S/c5-7(6)2-1-4-3-7/h3,5-6H,1-2H2. The summed E-state index contributed by atoms with van der Waals surface area (Å²) in [4.78, 5) is 3.65. The van der Waals surface area contributed by atoms with Crippen LogP contribution >= 0.6 is 10.6 Å². The van der Waals surface area contributed by atoms with Gasteiger partial charge in [-0.2, -0.15) is 10.6 Å². The first-order valence-corrected chi connectivity index (χ1v) is 3.74. The van der Waals surface area contributed by atoms with Crippen molar-refractivity contribution in [2.75, 3.05) is 12.3 Å². The van der Waals surface area contributed by atoms with E-state index in [1.165, 1.54) is 5.55 Å². The SMILES string of the molecule is OS1(O)C=NCC1. The number of rotatable bonds is 0. The third-order valence-electron chi connectivity index (χ3n) is 0.764. The molecule has 7 heavy (non-hydrogen) atoms. The van der Waals surface area contributed by atoms with Crippen molar-refractivity contribution in [3.63, 3.8) is 0 Å². The van der Waals surface area contributed by atoms with Crippen molar-refractivity contribution in [1.29, 1.82) is 0 Å². The fourth-order valence-corrected chi connectivity index (χ4v) is 1.24. The molecule has 1 aliphatic rings. The maximum Gasteiger partial charge on any atom is 0.105 e. The van der Waals surface area contributed by atoms with E-state index in [-0.39, 0.29) is 0 Å². The van der Waals surface area contributed by atoms with Crippen molar-refractivity contribution in [1.82, 2.24) is 0 Å². The molecule has 0 unspecified atom stereocenters. The van der Waals surface area contributed by atoms with Crippen molar-refractivity contribution < 1.29 is 9.11 Å². The van der Waals surface area contributed by atoms with E-state index in [9.17, 15) is 0 Å². The zero-order chi connectivity index (χ0) is 5.33. The summed E-state index contributed by atoms with van der Waals surface area (Å²) in [6.45, 7) is 0.572. The second-order valence-corrected chi connectivity index (χ2v) is 3.49. The summed E-state index contributed by atoms with van der Waals surface area (Å²) in [7, 11) is -2.34. The molecule has 1 aliphatic heterocycles. The number of aliphatic imine (C=N–C) groups is 1. The van der Waals surface area contributed by atoms with Crippen LogP contribution in [0.1, 0.15) is 0 Å². The average molecular weight is 121 g/mol. The molecule has 0 fully saturated rings. The third kappa shape index (κ3) is 1.15. The molecule has 0 amide bonds. The van der Waals surface area contributed by atoms with E-state index in [1.807, 2.05) is 0 Å². The Bertz CT molecular complexity index is 101. The Balaban J connectivity index is 2.57. The largest absolute Gasteiger partial charge is 0.294 e. The van der Waals surface area contributed by atoms with Gasteiger partial charge in [-0.3, -0.25) is 14.1 Å². The van der Waals surface area contributed by atoms with E-state index in [0.717, 1.165) is 0 Å². The van der Waals surface area contributed by atoms with Crippen LogP contribution in [0.3, 0.4) is 0 Å².